The number of hydrogen-bond acceptors (Lipinski definition) is 2. The second kappa shape index (κ2) is 8.34. The van der Waals surface area contributed by atoms with Crippen molar-refractivity contribution in [3.8, 4) is 0 Å². The van der Waals surface area contributed by atoms with Crippen LogP contribution >= 0.6 is 0 Å². The van der Waals surface area contributed by atoms with Gasteiger partial charge in [0, 0.05) is 19.2 Å². The number of nitrogens with one attached hydrogen (secondary N) is 2. The summed E-state index contributed by atoms with van der Waals surface area (Å²) >= 11 is 0. The van der Waals surface area contributed by atoms with E-state index in [1.165, 1.54) is 12.8 Å². The first-order chi connectivity index (χ1) is 8.26. The van der Waals surface area contributed by atoms with Crippen LogP contribution in [0.15, 0.2) is 0 Å². The third kappa shape index (κ3) is 5.91. The molecule has 0 spiro atoms. The number of carbonyl (C=O) groups excluding carboxylic acids is 1. The molecule has 0 heterocycles. The van der Waals surface area contributed by atoms with E-state index in [4.69, 9.17) is 5.11 Å². The lowest BCUT2D eigenvalue weighted by molar-refractivity contribution is 0.226. The third-order valence-electron chi connectivity index (χ3n) is 3.48. The quantitative estimate of drug-likeness (QED) is 0.639. The second-order valence-electron chi connectivity index (χ2n) is 5.00. The number of aliphatic hydroxyl groups excluding tert-OH is 1. The molecule has 1 atom stereocenters. The number of amides is 2. The monoisotopic (exact) mass is 242 g/mol. The maximum atomic E-state index is 11.6. The van der Waals surface area contributed by atoms with Gasteiger partial charge in [0.15, 0.2) is 0 Å². The summed E-state index contributed by atoms with van der Waals surface area (Å²) in [4.78, 5) is 11.6. The van der Waals surface area contributed by atoms with Crippen molar-refractivity contribution in [3.05, 3.63) is 0 Å². The highest BCUT2D eigenvalue weighted by atomic mass is 16.3. The number of rotatable bonds is 7. The van der Waals surface area contributed by atoms with Crippen molar-refractivity contribution in [2.75, 3.05) is 13.2 Å². The molecule has 0 aromatic rings. The summed E-state index contributed by atoms with van der Waals surface area (Å²) in [5.74, 6) is 0.402. The summed E-state index contributed by atoms with van der Waals surface area (Å²) in [6.45, 7) is 3.01. The van der Waals surface area contributed by atoms with Crippen molar-refractivity contribution >= 4 is 6.03 Å². The maximum Gasteiger partial charge on any atom is 0.315 e. The van der Waals surface area contributed by atoms with Crippen LogP contribution in [0, 0.1) is 5.92 Å². The summed E-state index contributed by atoms with van der Waals surface area (Å²) in [7, 11) is 0. The Bertz CT molecular complexity index is 209. The number of urea groups is 1. The normalized spacial score (nSPS) is 18.0. The lowest BCUT2D eigenvalue weighted by Gasteiger charge is -2.17. The Kier molecular flexibility index (Phi) is 7.01. The van der Waals surface area contributed by atoms with Gasteiger partial charge < -0.3 is 15.7 Å². The molecular formula is C13H26N2O2. The fourth-order valence-corrected chi connectivity index (χ4v) is 2.48. The molecular weight excluding hydrogens is 216 g/mol. The molecule has 4 nitrogen and oxygen atoms in total. The average Bonchev–Trinajstić information content (AvgIpc) is 2.79. The smallest absolute Gasteiger partial charge is 0.315 e. The molecule has 0 saturated heterocycles. The van der Waals surface area contributed by atoms with Crippen LogP contribution in [0.3, 0.4) is 0 Å². The molecule has 0 aliphatic heterocycles. The van der Waals surface area contributed by atoms with Crippen LogP contribution in [0.1, 0.15) is 51.9 Å². The van der Waals surface area contributed by atoms with Gasteiger partial charge in [0.1, 0.15) is 0 Å². The molecule has 0 bridgehead atoms. The Labute approximate surface area is 104 Å². The summed E-state index contributed by atoms with van der Waals surface area (Å²) < 4.78 is 0. The summed E-state index contributed by atoms with van der Waals surface area (Å²) in [6.07, 6.45) is 7.62. The van der Waals surface area contributed by atoms with E-state index in [0.29, 0.717) is 18.5 Å². The van der Waals surface area contributed by atoms with E-state index in [-0.39, 0.29) is 12.6 Å². The predicted molar refractivity (Wildman–Crippen MR) is 68.9 cm³/mol. The van der Waals surface area contributed by atoms with E-state index in [9.17, 15) is 4.79 Å². The van der Waals surface area contributed by atoms with Crippen molar-refractivity contribution < 1.29 is 9.90 Å². The van der Waals surface area contributed by atoms with Gasteiger partial charge in [-0.1, -0.05) is 26.2 Å². The van der Waals surface area contributed by atoms with E-state index in [1.54, 1.807) is 0 Å². The van der Waals surface area contributed by atoms with E-state index < -0.39 is 0 Å². The van der Waals surface area contributed by atoms with Gasteiger partial charge in [0.05, 0.1) is 0 Å². The van der Waals surface area contributed by atoms with Gasteiger partial charge in [-0.3, -0.25) is 0 Å². The topological polar surface area (TPSA) is 61.4 Å². The molecule has 1 fully saturated rings. The lowest BCUT2D eigenvalue weighted by atomic mass is 10.0. The standard InChI is InChI=1S/C13H26N2O2/c1-2-5-11(8-9-16)10-14-13(17)15-12-6-3-4-7-12/h11-12,16H,2-10H2,1H3,(H2,14,15,17). The maximum absolute atomic E-state index is 11.6. The summed E-state index contributed by atoms with van der Waals surface area (Å²) in [5.41, 5.74) is 0. The Morgan fingerprint density at radius 2 is 2.06 bits per heavy atom. The van der Waals surface area contributed by atoms with E-state index in [2.05, 4.69) is 17.6 Å². The molecule has 0 radical (unpaired) electrons. The van der Waals surface area contributed by atoms with Crippen LogP contribution in [0.5, 0.6) is 0 Å². The minimum Gasteiger partial charge on any atom is -0.396 e. The van der Waals surface area contributed by atoms with Gasteiger partial charge in [-0.2, -0.15) is 0 Å². The molecule has 2 amide bonds. The Morgan fingerprint density at radius 3 is 2.65 bits per heavy atom. The highest BCUT2D eigenvalue weighted by Gasteiger charge is 2.17. The van der Waals surface area contributed by atoms with E-state index >= 15 is 0 Å². The van der Waals surface area contributed by atoms with Gasteiger partial charge in [0.2, 0.25) is 0 Å². The molecule has 1 saturated carbocycles. The highest BCUT2D eigenvalue weighted by molar-refractivity contribution is 5.74. The minimum atomic E-state index is -0.0454. The Balaban J connectivity index is 2.15. The van der Waals surface area contributed by atoms with Crippen molar-refractivity contribution in [2.45, 2.75) is 57.9 Å². The molecule has 100 valence electrons. The summed E-state index contributed by atoms with van der Waals surface area (Å²) in [5, 5.41) is 14.9. The molecule has 4 heteroatoms. The van der Waals surface area contributed by atoms with Gasteiger partial charge in [-0.15, -0.1) is 0 Å². The Hall–Kier alpha value is -0.770. The average molecular weight is 242 g/mol. The van der Waals surface area contributed by atoms with E-state index in [0.717, 1.165) is 32.1 Å². The molecule has 1 rings (SSSR count). The van der Waals surface area contributed by atoms with Crippen LogP contribution in [0.4, 0.5) is 4.79 Å². The fraction of sp³-hybridized carbons (Fsp3) is 0.923. The first kappa shape index (κ1) is 14.3. The van der Waals surface area contributed by atoms with Gasteiger partial charge >= 0.3 is 6.03 Å². The molecule has 1 unspecified atom stereocenters. The largest absolute Gasteiger partial charge is 0.396 e. The second-order valence-corrected chi connectivity index (χ2v) is 5.00. The van der Waals surface area contributed by atoms with Crippen molar-refractivity contribution in [3.63, 3.8) is 0 Å². The molecule has 3 N–H and O–H groups in total. The van der Waals surface area contributed by atoms with Gasteiger partial charge in [0.25, 0.3) is 0 Å². The van der Waals surface area contributed by atoms with Crippen molar-refractivity contribution in [1.29, 1.82) is 0 Å². The number of aliphatic hydroxyl groups is 1. The zero-order valence-corrected chi connectivity index (χ0v) is 10.9. The minimum absolute atomic E-state index is 0.0454. The molecule has 0 aromatic heterocycles. The molecule has 17 heavy (non-hydrogen) atoms. The molecule has 0 aromatic carbocycles. The van der Waals surface area contributed by atoms with Gasteiger partial charge in [-0.25, -0.2) is 4.79 Å². The highest BCUT2D eigenvalue weighted by Crippen LogP contribution is 2.17. The first-order valence-electron chi connectivity index (χ1n) is 6.91. The van der Waals surface area contributed by atoms with Crippen LogP contribution in [0.2, 0.25) is 0 Å². The Morgan fingerprint density at radius 1 is 1.35 bits per heavy atom. The fourth-order valence-electron chi connectivity index (χ4n) is 2.48. The lowest BCUT2D eigenvalue weighted by Crippen LogP contribution is -2.42. The van der Waals surface area contributed by atoms with Crippen LogP contribution in [-0.4, -0.2) is 30.3 Å². The molecule has 1 aliphatic carbocycles. The van der Waals surface area contributed by atoms with Crippen molar-refractivity contribution in [1.82, 2.24) is 10.6 Å². The first-order valence-corrected chi connectivity index (χ1v) is 6.91. The molecule has 1 aliphatic rings. The van der Waals surface area contributed by atoms with Gasteiger partial charge in [-0.05, 0) is 31.6 Å². The summed E-state index contributed by atoms with van der Waals surface area (Å²) in [6, 6.07) is 0.327. The zero-order valence-electron chi connectivity index (χ0n) is 10.9. The third-order valence-corrected chi connectivity index (χ3v) is 3.48. The van der Waals surface area contributed by atoms with E-state index in [1.807, 2.05) is 0 Å². The number of hydrogen-bond donors (Lipinski definition) is 3. The van der Waals surface area contributed by atoms with Crippen LogP contribution in [-0.2, 0) is 0 Å². The predicted octanol–water partition coefficient (Wildman–Crippen LogP) is 2.03. The van der Waals surface area contributed by atoms with Crippen molar-refractivity contribution in [2.24, 2.45) is 5.92 Å². The van der Waals surface area contributed by atoms with Crippen LogP contribution < -0.4 is 10.6 Å². The number of carbonyl (C=O) groups is 1. The zero-order chi connectivity index (χ0) is 12.5. The van der Waals surface area contributed by atoms with Crippen LogP contribution in [0.25, 0.3) is 0 Å². The SMILES string of the molecule is CCCC(CCO)CNC(=O)NC1CCCC1.